The first-order valence-electron chi connectivity index (χ1n) is 13.4. The lowest BCUT2D eigenvalue weighted by Crippen LogP contribution is -2.61. The highest BCUT2D eigenvalue weighted by Gasteiger charge is 2.50. The first kappa shape index (κ1) is 35.2. The molecule has 1 aliphatic carbocycles. The molecule has 0 saturated heterocycles. The summed E-state index contributed by atoms with van der Waals surface area (Å²) in [5.74, 6) is -4.01. The van der Waals surface area contributed by atoms with Gasteiger partial charge in [-0.25, -0.2) is 4.79 Å². The largest absolute Gasteiger partial charge is 0.504 e. The Balaban J connectivity index is 2.08. The molecule has 17 heteroatoms. The van der Waals surface area contributed by atoms with E-state index in [4.69, 9.17) is 26.1 Å². The van der Waals surface area contributed by atoms with E-state index in [2.05, 4.69) is 15.8 Å². The molecule has 240 valence electrons. The number of carbonyl (C=O) groups excluding carboxylic acids is 2. The molecule has 0 bridgehead atoms. The van der Waals surface area contributed by atoms with Crippen molar-refractivity contribution in [2.45, 2.75) is 74.8 Å². The van der Waals surface area contributed by atoms with Crippen LogP contribution in [0.1, 0.15) is 44.1 Å². The van der Waals surface area contributed by atoms with Crippen molar-refractivity contribution < 1.29 is 59.7 Å². The van der Waals surface area contributed by atoms with E-state index in [-0.39, 0.29) is 50.5 Å². The Labute approximate surface area is 246 Å². The average Bonchev–Trinajstić information content (AvgIpc) is 2.93. The number of ether oxygens (including phenoxy) is 1. The minimum Gasteiger partial charge on any atom is -0.504 e. The SMILES string of the molecule is NC(N)=NCCCC(NC(=O)[C@]1(O)C[C@H](OC(O)/C=C/c2ccc(O)c(O)c2)[C@@H](O)[C@@H](O)C1)C(=O)ONCCCC(=O)O. The summed E-state index contributed by atoms with van der Waals surface area (Å²) in [4.78, 5) is 45.2. The Bertz CT molecular complexity index is 1160. The number of phenolic OH excluding ortho intramolecular Hbond substituents is 2. The minimum atomic E-state index is -2.34. The van der Waals surface area contributed by atoms with Crippen LogP contribution in [0.4, 0.5) is 0 Å². The molecule has 1 fully saturated rings. The van der Waals surface area contributed by atoms with Crippen LogP contribution in [0.5, 0.6) is 11.5 Å². The van der Waals surface area contributed by atoms with Gasteiger partial charge in [-0.2, -0.15) is 5.48 Å². The molecule has 1 aromatic carbocycles. The number of carboxylic acids is 1. The van der Waals surface area contributed by atoms with E-state index in [0.29, 0.717) is 5.56 Å². The summed E-state index contributed by atoms with van der Waals surface area (Å²) < 4.78 is 5.37. The molecule has 1 saturated carbocycles. The van der Waals surface area contributed by atoms with Crippen LogP contribution in [0.25, 0.3) is 6.08 Å². The number of guanidine groups is 1. The van der Waals surface area contributed by atoms with E-state index in [1.165, 1.54) is 24.3 Å². The molecule has 0 aromatic heterocycles. The number of aliphatic imine (C=N–C) groups is 1. The van der Waals surface area contributed by atoms with Crippen LogP contribution in [0, 0.1) is 0 Å². The number of aromatic hydroxyl groups is 2. The summed E-state index contributed by atoms with van der Waals surface area (Å²) in [7, 11) is 0. The topological polar surface area (TPSA) is 300 Å². The van der Waals surface area contributed by atoms with E-state index in [1.54, 1.807) is 0 Å². The molecule has 43 heavy (non-hydrogen) atoms. The second-order valence-electron chi connectivity index (χ2n) is 9.96. The Hall–Kier alpha value is -4.00. The molecule has 0 spiro atoms. The highest BCUT2D eigenvalue weighted by molar-refractivity contribution is 5.89. The number of amides is 1. The number of aliphatic carboxylic acids is 1. The van der Waals surface area contributed by atoms with Crippen LogP contribution >= 0.6 is 0 Å². The van der Waals surface area contributed by atoms with Crippen molar-refractivity contribution in [1.29, 1.82) is 0 Å². The Kier molecular flexibility index (Phi) is 13.6. The highest BCUT2D eigenvalue weighted by atomic mass is 16.7. The zero-order chi connectivity index (χ0) is 32.2. The predicted molar refractivity (Wildman–Crippen MR) is 149 cm³/mol. The first-order chi connectivity index (χ1) is 20.2. The maximum Gasteiger partial charge on any atom is 0.347 e. The standard InChI is InChI=1S/C26H39N5O12/c27-25(28)29-9-1-3-15(23(39)43-30-10-2-4-20(35)36)31-24(40)26(41)12-18(34)22(38)19(13-26)42-21(37)8-6-14-5-7-16(32)17(33)11-14/h5-8,11,15,18-19,21-22,30,32-34,37-38,41H,1-4,9-10,12-13H2,(H,31,40)(H,35,36)(H4,27,28,29)/b8-6+/t15?,18-,19-,21?,22-,26+/m0/s1. The molecular formula is C26H39N5O12. The van der Waals surface area contributed by atoms with E-state index in [9.17, 15) is 45.0 Å². The van der Waals surface area contributed by atoms with Gasteiger partial charge in [0, 0.05) is 32.4 Å². The molecule has 2 unspecified atom stereocenters. The van der Waals surface area contributed by atoms with Gasteiger partial charge in [0.15, 0.2) is 23.7 Å². The number of nitrogens with one attached hydrogen (secondary N) is 2. The fraction of sp³-hybridized carbons (Fsp3) is 0.538. The van der Waals surface area contributed by atoms with Gasteiger partial charge in [0.2, 0.25) is 0 Å². The minimum absolute atomic E-state index is 0.0183. The summed E-state index contributed by atoms with van der Waals surface area (Å²) >= 11 is 0. The lowest BCUT2D eigenvalue weighted by atomic mass is 9.78. The van der Waals surface area contributed by atoms with Gasteiger partial charge in [0.25, 0.3) is 5.91 Å². The summed E-state index contributed by atoms with van der Waals surface area (Å²) in [5, 5.41) is 72.3. The number of benzene rings is 1. The number of hydroxylamine groups is 1. The molecule has 2 rings (SSSR count). The highest BCUT2D eigenvalue weighted by Crippen LogP contribution is 2.32. The normalized spacial score (nSPS) is 23.3. The quantitative estimate of drug-likeness (QED) is 0.0229. The summed E-state index contributed by atoms with van der Waals surface area (Å²) in [6.45, 7) is 0.124. The molecular weight excluding hydrogens is 574 g/mol. The average molecular weight is 614 g/mol. The number of hydrogen-bond acceptors (Lipinski definition) is 13. The number of rotatable bonds is 16. The number of nitrogens with zero attached hydrogens (tertiary/aromatic N) is 1. The third kappa shape index (κ3) is 11.7. The fourth-order valence-corrected chi connectivity index (χ4v) is 4.18. The zero-order valence-corrected chi connectivity index (χ0v) is 23.2. The van der Waals surface area contributed by atoms with Gasteiger partial charge in [-0.15, -0.1) is 0 Å². The number of phenols is 2. The van der Waals surface area contributed by atoms with Crippen molar-refractivity contribution in [2.75, 3.05) is 13.1 Å². The van der Waals surface area contributed by atoms with Gasteiger partial charge in [-0.05, 0) is 43.0 Å². The van der Waals surface area contributed by atoms with E-state index < -0.39 is 72.7 Å². The van der Waals surface area contributed by atoms with Gasteiger partial charge in [0.1, 0.15) is 17.7 Å². The molecule has 0 radical (unpaired) electrons. The Morgan fingerprint density at radius 1 is 1.14 bits per heavy atom. The van der Waals surface area contributed by atoms with Crippen LogP contribution < -0.4 is 22.3 Å². The van der Waals surface area contributed by atoms with Crippen molar-refractivity contribution in [3.8, 4) is 11.5 Å². The van der Waals surface area contributed by atoms with Crippen molar-refractivity contribution >= 4 is 29.9 Å². The maximum absolute atomic E-state index is 13.2. The van der Waals surface area contributed by atoms with Crippen molar-refractivity contribution in [1.82, 2.24) is 10.8 Å². The predicted octanol–water partition coefficient (Wildman–Crippen LogP) is -2.49. The lowest BCUT2D eigenvalue weighted by Gasteiger charge is -2.41. The van der Waals surface area contributed by atoms with Gasteiger partial charge in [0.05, 0.1) is 12.2 Å². The Morgan fingerprint density at radius 3 is 2.51 bits per heavy atom. The summed E-state index contributed by atoms with van der Waals surface area (Å²) in [6.07, 6.45) is -4.93. The Morgan fingerprint density at radius 2 is 1.86 bits per heavy atom. The number of nitrogens with two attached hydrogens (primary N) is 2. The molecule has 6 atom stereocenters. The number of carbonyl (C=O) groups is 3. The monoisotopic (exact) mass is 613 g/mol. The number of hydrogen-bond donors (Lipinski definition) is 11. The molecule has 1 aliphatic rings. The van der Waals surface area contributed by atoms with Crippen LogP contribution in [0.3, 0.4) is 0 Å². The van der Waals surface area contributed by atoms with Crippen molar-refractivity contribution in [3.63, 3.8) is 0 Å². The lowest BCUT2D eigenvalue weighted by molar-refractivity contribution is -0.210. The summed E-state index contributed by atoms with van der Waals surface area (Å²) in [5.41, 5.74) is 10.9. The van der Waals surface area contributed by atoms with E-state index >= 15 is 0 Å². The fourth-order valence-electron chi connectivity index (χ4n) is 4.18. The second-order valence-corrected chi connectivity index (χ2v) is 9.96. The summed E-state index contributed by atoms with van der Waals surface area (Å²) in [6, 6.07) is 2.55. The molecule has 1 amide bonds. The van der Waals surface area contributed by atoms with Crippen LogP contribution in [0.2, 0.25) is 0 Å². The smallest absolute Gasteiger partial charge is 0.347 e. The molecule has 1 aromatic rings. The van der Waals surface area contributed by atoms with E-state index in [0.717, 1.165) is 6.08 Å². The number of aliphatic hydroxyl groups is 4. The third-order valence-corrected chi connectivity index (χ3v) is 6.43. The van der Waals surface area contributed by atoms with Gasteiger partial charge in [-0.3, -0.25) is 14.6 Å². The van der Waals surface area contributed by atoms with Gasteiger partial charge in [-0.1, -0.05) is 12.1 Å². The van der Waals surface area contributed by atoms with Gasteiger partial charge < -0.3 is 62.1 Å². The molecule has 17 nitrogen and oxygen atoms in total. The molecule has 0 heterocycles. The van der Waals surface area contributed by atoms with E-state index in [1.807, 2.05) is 0 Å². The third-order valence-electron chi connectivity index (χ3n) is 6.43. The van der Waals surface area contributed by atoms with Crippen LogP contribution in [-0.4, -0.2) is 109 Å². The van der Waals surface area contributed by atoms with Crippen LogP contribution in [0.15, 0.2) is 29.3 Å². The number of aliphatic hydroxyl groups excluding tert-OH is 3. The maximum atomic E-state index is 13.2. The van der Waals surface area contributed by atoms with Gasteiger partial charge >= 0.3 is 11.9 Å². The second kappa shape index (κ2) is 16.6. The first-order valence-corrected chi connectivity index (χ1v) is 13.4. The number of carboxylic acid groups (broad SMARTS) is 1. The van der Waals surface area contributed by atoms with Crippen LogP contribution in [-0.2, 0) is 24.0 Å². The van der Waals surface area contributed by atoms with Crippen molar-refractivity contribution in [2.24, 2.45) is 16.5 Å². The molecule has 0 aliphatic heterocycles. The zero-order valence-electron chi connectivity index (χ0n) is 23.2. The molecule has 13 N–H and O–H groups in total. The van der Waals surface area contributed by atoms with Crippen molar-refractivity contribution in [3.05, 3.63) is 29.8 Å².